The van der Waals surface area contributed by atoms with Gasteiger partial charge in [0.15, 0.2) is 11.0 Å². The number of rotatable bonds is 6. The first kappa shape index (κ1) is 20.6. The molecule has 1 aliphatic rings. The van der Waals surface area contributed by atoms with Crippen LogP contribution in [0, 0.1) is 0 Å². The Bertz CT molecular complexity index is 1150. The Balaban J connectivity index is 1.62. The van der Waals surface area contributed by atoms with Crippen molar-refractivity contribution >= 4 is 61.0 Å². The molecular weight excluding hydrogens is 460 g/mol. The molecule has 1 atom stereocenters. The lowest BCUT2D eigenvalue weighted by atomic mass is 10.1. The topological polar surface area (TPSA) is 49.7 Å². The average molecular weight is 479 g/mol. The minimum absolute atomic E-state index is 0.0571. The number of amides is 1. The lowest BCUT2D eigenvalue weighted by Gasteiger charge is -2.14. The fraction of sp³-hybridized carbons (Fsp3) is 0.125. The van der Waals surface area contributed by atoms with E-state index in [0.717, 1.165) is 20.9 Å². The van der Waals surface area contributed by atoms with Crippen molar-refractivity contribution < 1.29 is 9.59 Å². The zero-order valence-electron chi connectivity index (χ0n) is 16.1. The molecule has 0 aliphatic carbocycles. The summed E-state index contributed by atoms with van der Waals surface area (Å²) in [5.41, 5.74) is 1.40. The molecule has 3 aromatic carbocycles. The standard InChI is InChI=1S/C24H19BrN2O2S/c1-2-14-27-23(29)22(15-21(28)17-10-12-18(25)13-11-17)30-24(27)26-20-9-5-7-16-6-3-4-8-19(16)20/h2-13,22H,1,14-15H2/t22-/m1/s1. The van der Waals surface area contributed by atoms with Crippen LogP contribution < -0.4 is 0 Å². The third-order valence-electron chi connectivity index (χ3n) is 4.85. The molecule has 1 amide bonds. The van der Waals surface area contributed by atoms with Gasteiger partial charge in [0.05, 0.1) is 10.9 Å². The summed E-state index contributed by atoms with van der Waals surface area (Å²) < 4.78 is 0.909. The molecule has 1 heterocycles. The van der Waals surface area contributed by atoms with Crippen LogP contribution in [0.1, 0.15) is 16.8 Å². The van der Waals surface area contributed by atoms with Gasteiger partial charge in [-0.15, -0.1) is 6.58 Å². The van der Waals surface area contributed by atoms with Gasteiger partial charge >= 0.3 is 0 Å². The maximum atomic E-state index is 13.0. The van der Waals surface area contributed by atoms with Gasteiger partial charge < -0.3 is 0 Å². The van der Waals surface area contributed by atoms with Crippen LogP contribution in [0.15, 0.2) is 88.9 Å². The number of ketones is 1. The van der Waals surface area contributed by atoms with Crippen LogP contribution >= 0.6 is 27.7 Å². The van der Waals surface area contributed by atoms with E-state index >= 15 is 0 Å². The van der Waals surface area contributed by atoms with E-state index in [1.807, 2.05) is 54.6 Å². The van der Waals surface area contributed by atoms with Crippen LogP contribution in [0.2, 0.25) is 0 Å². The van der Waals surface area contributed by atoms with Crippen LogP contribution in [0.5, 0.6) is 0 Å². The first-order valence-electron chi connectivity index (χ1n) is 9.51. The lowest BCUT2D eigenvalue weighted by molar-refractivity contribution is -0.125. The van der Waals surface area contributed by atoms with E-state index in [1.165, 1.54) is 11.8 Å². The lowest BCUT2D eigenvalue weighted by Crippen LogP contribution is -2.32. The summed E-state index contributed by atoms with van der Waals surface area (Å²) >= 11 is 4.72. The van der Waals surface area contributed by atoms with Gasteiger partial charge in [-0.2, -0.15) is 0 Å². The summed E-state index contributed by atoms with van der Waals surface area (Å²) in [5, 5.41) is 2.22. The molecule has 6 heteroatoms. The summed E-state index contributed by atoms with van der Waals surface area (Å²) in [5.74, 6) is -0.164. The largest absolute Gasteiger partial charge is 0.294 e. The highest BCUT2D eigenvalue weighted by Crippen LogP contribution is 2.34. The third-order valence-corrected chi connectivity index (χ3v) is 6.56. The van der Waals surface area contributed by atoms with Gasteiger partial charge in [0.25, 0.3) is 0 Å². The number of halogens is 1. The van der Waals surface area contributed by atoms with Gasteiger partial charge in [0, 0.05) is 28.4 Å². The number of carbonyl (C=O) groups excluding carboxylic acids is 2. The molecule has 1 saturated heterocycles. The van der Waals surface area contributed by atoms with Crippen LogP contribution in [-0.2, 0) is 4.79 Å². The Morgan fingerprint density at radius 3 is 2.60 bits per heavy atom. The first-order chi connectivity index (χ1) is 14.6. The number of amidine groups is 1. The Kier molecular flexibility index (Phi) is 6.16. The number of aliphatic imine (C=N–C) groups is 1. The zero-order chi connectivity index (χ0) is 21.1. The highest BCUT2D eigenvalue weighted by atomic mass is 79.9. The number of Topliss-reactive ketones (excluding diaryl/α,β-unsaturated/α-hetero) is 1. The summed E-state index contributed by atoms with van der Waals surface area (Å²) in [6.45, 7) is 4.12. The van der Waals surface area contributed by atoms with Gasteiger partial charge in [-0.25, -0.2) is 4.99 Å². The molecule has 0 saturated carbocycles. The highest BCUT2D eigenvalue weighted by Gasteiger charge is 2.38. The molecule has 0 spiro atoms. The zero-order valence-corrected chi connectivity index (χ0v) is 18.5. The van der Waals surface area contributed by atoms with Crippen LogP contribution in [0.3, 0.4) is 0 Å². The van der Waals surface area contributed by atoms with E-state index in [0.29, 0.717) is 17.3 Å². The van der Waals surface area contributed by atoms with Crippen molar-refractivity contribution in [1.29, 1.82) is 0 Å². The molecule has 30 heavy (non-hydrogen) atoms. The minimum atomic E-state index is -0.491. The molecule has 0 radical (unpaired) electrons. The summed E-state index contributed by atoms with van der Waals surface area (Å²) in [4.78, 5) is 32.1. The second-order valence-corrected chi connectivity index (χ2v) is 8.96. The second kappa shape index (κ2) is 8.98. The van der Waals surface area contributed by atoms with Crippen molar-refractivity contribution in [3.05, 3.63) is 89.4 Å². The fourth-order valence-electron chi connectivity index (χ4n) is 3.35. The van der Waals surface area contributed by atoms with E-state index in [-0.39, 0.29) is 18.1 Å². The van der Waals surface area contributed by atoms with Crippen LogP contribution in [-0.4, -0.2) is 33.6 Å². The maximum absolute atomic E-state index is 13.0. The molecule has 1 fully saturated rings. The SMILES string of the molecule is C=CCN1C(=O)[C@@H](CC(=O)c2ccc(Br)cc2)SC1=Nc1cccc2ccccc12. The molecule has 3 aromatic rings. The van der Waals surface area contributed by atoms with E-state index in [2.05, 4.69) is 22.5 Å². The first-order valence-corrected chi connectivity index (χ1v) is 11.2. The Morgan fingerprint density at radius 2 is 1.83 bits per heavy atom. The van der Waals surface area contributed by atoms with E-state index < -0.39 is 5.25 Å². The maximum Gasteiger partial charge on any atom is 0.242 e. The number of thioether (sulfide) groups is 1. The molecule has 0 bridgehead atoms. The minimum Gasteiger partial charge on any atom is -0.294 e. The second-order valence-electron chi connectivity index (χ2n) is 6.87. The molecule has 1 aliphatic heterocycles. The average Bonchev–Trinajstić information content (AvgIpc) is 3.03. The predicted octanol–water partition coefficient (Wildman–Crippen LogP) is 5.99. The molecular formula is C24H19BrN2O2S. The van der Waals surface area contributed by atoms with Gasteiger partial charge in [0.1, 0.15) is 0 Å². The Hall–Kier alpha value is -2.70. The molecule has 0 unspecified atom stereocenters. The normalized spacial score (nSPS) is 17.6. The van der Waals surface area contributed by atoms with Crippen LogP contribution in [0.4, 0.5) is 5.69 Å². The molecule has 150 valence electrons. The number of carbonyl (C=O) groups is 2. The van der Waals surface area contributed by atoms with Gasteiger partial charge in [0.2, 0.25) is 5.91 Å². The number of fused-ring (bicyclic) bond motifs is 1. The Labute approximate surface area is 187 Å². The summed E-state index contributed by atoms with van der Waals surface area (Å²) in [6, 6.07) is 21.1. The van der Waals surface area contributed by atoms with Crippen molar-refractivity contribution in [2.75, 3.05) is 6.54 Å². The highest BCUT2D eigenvalue weighted by molar-refractivity contribution is 9.10. The van der Waals surface area contributed by atoms with E-state index in [1.54, 1.807) is 23.1 Å². The van der Waals surface area contributed by atoms with Crippen molar-refractivity contribution in [3.8, 4) is 0 Å². The van der Waals surface area contributed by atoms with Crippen molar-refractivity contribution in [1.82, 2.24) is 4.90 Å². The van der Waals surface area contributed by atoms with Crippen molar-refractivity contribution in [2.45, 2.75) is 11.7 Å². The molecule has 0 aromatic heterocycles. The monoisotopic (exact) mass is 478 g/mol. The van der Waals surface area contributed by atoms with Gasteiger partial charge in [-0.05, 0) is 23.6 Å². The molecule has 0 N–H and O–H groups in total. The summed E-state index contributed by atoms with van der Waals surface area (Å²) in [7, 11) is 0. The number of hydrogen-bond donors (Lipinski definition) is 0. The predicted molar refractivity (Wildman–Crippen MR) is 127 cm³/mol. The van der Waals surface area contributed by atoms with Crippen molar-refractivity contribution in [2.24, 2.45) is 4.99 Å². The molecule has 4 nitrogen and oxygen atoms in total. The smallest absolute Gasteiger partial charge is 0.242 e. The molecule has 4 rings (SSSR count). The van der Waals surface area contributed by atoms with Gasteiger partial charge in [-0.1, -0.05) is 82.3 Å². The number of nitrogens with zero attached hydrogens (tertiary/aromatic N) is 2. The quantitative estimate of drug-likeness (QED) is 0.322. The number of benzene rings is 3. The number of hydrogen-bond acceptors (Lipinski definition) is 4. The van der Waals surface area contributed by atoms with E-state index in [4.69, 9.17) is 4.99 Å². The third kappa shape index (κ3) is 4.25. The summed E-state index contributed by atoms with van der Waals surface area (Å²) in [6.07, 6.45) is 1.81. The van der Waals surface area contributed by atoms with Crippen LogP contribution in [0.25, 0.3) is 10.8 Å². The van der Waals surface area contributed by atoms with Gasteiger partial charge in [-0.3, -0.25) is 14.5 Å². The Morgan fingerprint density at radius 1 is 1.10 bits per heavy atom. The fourth-order valence-corrected chi connectivity index (χ4v) is 4.78. The van der Waals surface area contributed by atoms with Crippen molar-refractivity contribution in [3.63, 3.8) is 0 Å². The van der Waals surface area contributed by atoms with E-state index in [9.17, 15) is 9.59 Å².